The van der Waals surface area contributed by atoms with E-state index in [9.17, 15) is 0 Å². The zero-order chi connectivity index (χ0) is 10.8. The van der Waals surface area contributed by atoms with Gasteiger partial charge in [0.1, 0.15) is 12.4 Å². The number of hydrogen-bond acceptors (Lipinski definition) is 3. The largest absolute Gasteiger partial charge is 0.491 e. The summed E-state index contributed by atoms with van der Waals surface area (Å²) < 4.78 is 10.9. The van der Waals surface area contributed by atoms with Gasteiger partial charge in [-0.15, -0.1) is 12.4 Å². The van der Waals surface area contributed by atoms with Crippen LogP contribution < -0.4 is 10.1 Å². The van der Waals surface area contributed by atoms with Gasteiger partial charge in [-0.3, -0.25) is 0 Å². The third-order valence-electron chi connectivity index (χ3n) is 2.77. The molecular weight excluding hydrogens is 238 g/mol. The molecule has 1 aromatic heterocycles. The quantitative estimate of drug-likeness (QED) is 0.846. The van der Waals surface area contributed by atoms with Gasteiger partial charge >= 0.3 is 0 Å². The van der Waals surface area contributed by atoms with E-state index >= 15 is 0 Å². The fourth-order valence-corrected chi connectivity index (χ4v) is 1.99. The van der Waals surface area contributed by atoms with E-state index in [2.05, 4.69) is 23.5 Å². The highest BCUT2D eigenvalue weighted by Crippen LogP contribution is 2.34. The molecule has 2 heterocycles. The van der Waals surface area contributed by atoms with Gasteiger partial charge in [-0.1, -0.05) is 18.2 Å². The minimum absolute atomic E-state index is 0. The molecule has 3 nitrogen and oxygen atoms in total. The maximum Gasteiger partial charge on any atom is 0.131 e. The van der Waals surface area contributed by atoms with Crippen molar-refractivity contribution in [3.63, 3.8) is 0 Å². The Morgan fingerprint density at radius 2 is 2.12 bits per heavy atom. The number of ether oxygens (including phenoxy) is 1. The van der Waals surface area contributed by atoms with Crippen LogP contribution in [-0.4, -0.2) is 13.2 Å². The molecule has 1 aromatic carbocycles. The molecule has 1 aliphatic heterocycles. The standard InChI is InChI=1S/C13H13NO2.ClH/c1-2-10-8-14-5-7-16-13(10)12(3-1)11-4-6-15-9-11;/h1-4,6,9,14H,5,7-8H2;1H. The molecule has 0 unspecified atom stereocenters. The molecule has 17 heavy (non-hydrogen) atoms. The molecule has 1 aliphatic rings. The lowest BCUT2D eigenvalue weighted by atomic mass is 10.0. The lowest BCUT2D eigenvalue weighted by molar-refractivity contribution is 0.327. The van der Waals surface area contributed by atoms with Crippen molar-refractivity contribution in [1.29, 1.82) is 0 Å². The molecule has 0 saturated heterocycles. The van der Waals surface area contributed by atoms with Crippen molar-refractivity contribution in [2.24, 2.45) is 0 Å². The van der Waals surface area contributed by atoms with Gasteiger partial charge in [0.05, 0.1) is 12.5 Å². The molecule has 0 fully saturated rings. The molecule has 90 valence electrons. The van der Waals surface area contributed by atoms with Crippen molar-refractivity contribution in [2.75, 3.05) is 13.2 Å². The Bertz CT molecular complexity index is 482. The Labute approximate surface area is 106 Å². The SMILES string of the molecule is Cl.c1cc2c(c(-c3ccoc3)c1)OCCNC2. The average molecular weight is 252 g/mol. The van der Waals surface area contributed by atoms with Crippen LogP contribution in [0.25, 0.3) is 11.1 Å². The molecule has 0 bridgehead atoms. The number of fused-ring (bicyclic) bond motifs is 1. The molecule has 0 radical (unpaired) electrons. The highest BCUT2D eigenvalue weighted by molar-refractivity contribution is 5.85. The van der Waals surface area contributed by atoms with E-state index in [1.165, 1.54) is 5.56 Å². The summed E-state index contributed by atoms with van der Waals surface area (Å²) in [5.41, 5.74) is 3.38. The van der Waals surface area contributed by atoms with Crippen molar-refractivity contribution < 1.29 is 9.15 Å². The van der Waals surface area contributed by atoms with Crippen LogP contribution in [0.15, 0.2) is 41.2 Å². The number of furan rings is 1. The first kappa shape index (κ1) is 12.0. The number of benzene rings is 1. The summed E-state index contributed by atoms with van der Waals surface area (Å²) in [7, 11) is 0. The lowest BCUT2D eigenvalue weighted by Crippen LogP contribution is -2.16. The minimum Gasteiger partial charge on any atom is -0.491 e. The van der Waals surface area contributed by atoms with Crippen LogP contribution in [0.5, 0.6) is 5.75 Å². The smallest absolute Gasteiger partial charge is 0.131 e. The summed E-state index contributed by atoms with van der Waals surface area (Å²) in [6, 6.07) is 8.17. The number of nitrogens with one attached hydrogen (secondary N) is 1. The second-order valence-corrected chi connectivity index (χ2v) is 3.83. The van der Waals surface area contributed by atoms with Crippen molar-refractivity contribution in [3.05, 3.63) is 42.4 Å². The molecule has 3 rings (SSSR count). The summed E-state index contributed by atoms with van der Waals surface area (Å²) in [5, 5.41) is 3.33. The molecule has 0 amide bonds. The van der Waals surface area contributed by atoms with E-state index in [0.29, 0.717) is 6.61 Å². The van der Waals surface area contributed by atoms with Crippen molar-refractivity contribution >= 4 is 12.4 Å². The maximum atomic E-state index is 5.80. The first-order chi connectivity index (χ1) is 7.95. The fraction of sp³-hybridized carbons (Fsp3) is 0.231. The topological polar surface area (TPSA) is 34.4 Å². The maximum absolute atomic E-state index is 5.80. The van der Waals surface area contributed by atoms with Crippen LogP contribution in [-0.2, 0) is 6.54 Å². The van der Waals surface area contributed by atoms with E-state index in [4.69, 9.17) is 9.15 Å². The Kier molecular flexibility index (Phi) is 3.71. The first-order valence-corrected chi connectivity index (χ1v) is 5.43. The molecule has 4 heteroatoms. The number of halogens is 1. The summed E-state index contributed by atoms with van der Waals surface area (Å²) in [4.78, 5) is 0. The van der Waals surface area contributed by atoms with Gasteiger partial charge in [-0.05, 0) is 6.07 Å². The molecule has 0 atom stereocenters. The third kappa shape index (κ3) is 2.30. The normalized spacial score (nSPS) is 14.1. The van der Waals surface area contributed by atoms with Crippen LogP contribution in [0.4, 0.5) is 0 Å². The molecule has 1 N–H and O–H groups in total. The highest BCUT2D eigenvalue weighted by atomic mass is 35.5. The summed E-state index contributed by atoms with van der Waals surface area (Å²) in [6.07, 6.45) is 3.43. The summed E-state index contributed by atoms with van der Waals surface area (Å²) in [6.45, 7) is 2.46. The fourth-order valence-electron chi connectivity index (χ4n) is 1.99. The van der Waals surface area contributed by atoms with Crippen LogP contribution in [0.2, 0.25) is 0 Å². The van der Waals surface area contributed by atoms with Crippen molar-refractivity contribution in [3.8, 4) is 16.9 Å². The van der Waals surface area contributed by atoms with Gasteiger partial charge in [0.15, 0.2) is 0 Å². The Balaban J connectivity index is 0.00000108. The lowest BCUT2D eigenvalue weighted by Gasteiger charge is -2.10. The molecule has 2 aromatic rings. The molecular formula is C13H14ClNO2. The van der Waals surface area contributed by atoms with Gasteiger partial charge in [0.25, 0.3) is 0 Å². The summed E-state index contributed by atoms with van der Waals surface area (Å²) in [5.74, 6) is 0.980. The molecule has 0 spiro atoms. The average Bonchev–Trinajstić information content (AvgIpc) is 2.73. The van der Waals surface area contributed by atoms with Gasteiger partial charge < -0.3 is 14.5 Å². The Hall–Kier alpha value is -1.45. The summed E-state index contributed by atoms with van der Waals surface area (Å²) >= 11 is 0. The minimum atomic E-state index is 0. The Morgan fingerprint density at radius 1 is 1.18 bits per heavy atom. The van der Waals surface area contributed by atoms with Gasteiger partial charge in [0, 0.05) is 29.8 Å². The second kappa shape index (κ2) is 5.25. The van der Waals surface area contributed by atoms with Crippen LogP contribution >= 0.6 is 12.4 Å². The van der Waals surface area contributed by atoms with Crippen LogP contribution in [0, 0.1) is 0 Å². The predicted octanol–water partition coefficient (Wildman–Crippen LogP) is 2.85. The van der Waals surface area contributed by atoms with E-state index in [-0.39, 0.29) is 12.4 Å². The number of hydrogen-bond donors (Lipinski definition) is 1. The van der Waals surface area contributed by atoms with Crippen molar-refractivity contribution in [2.45, 2.75) is 6.54 Å². The molecule has 0 saturated carbocycles. The monoisotopic (exact) mass is 251 g/mol. The first-order valence-electron chi connectivity index (χ1n) is 5.43. The number of para-hydroxylation sites is 1. The highest BCUT2D eigenvalue weighted by Gasteiger charge is 2.14. The van der Waals surface area contributed by atoms with Crippen LogP contribution in [0.3, 0.4) is 0 Å². The van der Waals surface area contributed by atoms with E-state index in [1.807, 2.05) is 6.07 Å². The van der Waals surface area contributed by atoms with E-state index in [1.54, 1.807) is 12.5 Å². The van der Waals surface area contributed by atoms with E-state index in [0.717, 1.165) is 30.0 Å². The van der Waals surface area contributed by atoms with Gasteiger partial charge in [0.2, 0.25) is 0 Å². The Morgan fingerprint density at radius 3 is 2.94 bits per heavy atom. The molecule has 0 aliphatic carbocycles. The predicted molar refractivity (Wildman–Crippen MR) is 68.6 cm³/mol. The number of rotatable bonds is 1. The van der Waals surface area contributed by atoms with E-state index < -0.39 is 0 Å². The second-order valence-electron chi connectivity index (χ2n) is 3.83. The zero-order valence-corrected chi connectivity index (χ0v) is 10.1. The van der Waals surface area contributed by atoms with Gasteiger partial charge in [-0.2, -0.15) is 0 Å². The zero-order valence-electron chi connectivity index (χ0n) is 9.31. The van der Waals surface area contributed by atoms with Gasteiger partial charge in [-0.25, -0.2) is 0 Å². The van der Waals surface area contributed by atoms with Crippen molar-refractivity contribution in [1.82, 2.24) is 5.32 Å². The third-order valence-corrected chi connectivity index (χ3v) is 2.77. The van der Waals surface area contributed by atoms with Crippen LogP contribution in [0.1, 0.15) is 5.56 Å².